The Balaban J connectivity index is 1.38. The van der Waals surface area contributed by atoms with Crippen LogP contribution in [0.1, 0.15) is 44.9 Å². The number of aromatic nitrogens is 1. The van der Waals surface area contributed by atoms with Crippen molar-refractivity contribution in [1.82, 2.24) is 20.5 Å². The second-order valence-electron chi connectivity index (χ2n) is 9.07. The van der Waals surface area contributed by atoms with Gasteiger partial charge < -0.3 is 25.3 Å². The van der Waals surface area contributed by atoms with Gasteiger partial charge in [0, 0.05) is 42.8 Å². The highest BCUT2D eigenvalue weighted by Crippen LogP contribution is 2.22. The van der Waals surface area contributed by atoms with E-state index >= 15 is 0 Å². The summed E-state index contributed by atoms with van der Waals surface area (Å²) in [5, 5.41) is 7.12. The Morgan fingerprint density at radius 2 is 1.87 bits per heavy atom. The van der Waals surface area contributed by atoms with E-state index in [1.54, 1.807) is 0 Å². The van der Waals surface area contributed by atoms with Crippen molar-refractivity contribution < 1.29 is 14.3 Å². The highest BCUT2D eigenvalue weighted by Gasteiger charge is 2.24. The molecule has 7 nitrogen and oxygen atoms in total. The largest absolute Gasteiger partial charge is 0.444 e. The first-order valence-corrected chi connectivity index (χ1v) is 10.8. The molecule has 2 aromatic rings. The number of benzene rings is 1. The van der Waals surface area contributed by atoms with E-state index in [2.05, 4.69) is 34.7 Å². The third kappa shape index (κ3) is 5.90. The predicted molar refractivity (Wildman–Crippen MR) is 119 cm³/mol. The Hall–Kier alpha value is -2.70. The first-order chi connectivity index (χ1) is 14.2. The Labute approximate surface area is 178 Å². The van der Waals surface area contributed by atoms with Crippen molar-refractivity contribution >= 4 is 23.0 Å². The van der Waals surface area contributed by atoms with E-state index in [0.717, 1.165) is 30.5 Å². The van der Waals surface area contributed by atoms with Gasteiger partial charge in [-0.15, -0.1) is 0 Å². The molecule has 164 valence electrons. The topological polar surface area (TPSA) is 86.5 Å². The summed E-state index contributed by atoms with van der Waals surface area (Å²) in [4.78, 5) is 29.6. The molecule has 7 heteroatoms. The Bertz CT molecular complexity index is 876. The van der Waals surface area contributed by atoms with Gasteiger partial charge in [-0.1, -0.05) is 18.2 Å². The molecule has 1 aromatic carbocycles. The molecule has 3 rings (SSSR count). The van der Waals surface area contributed by atoms with Gasteiger partial charge in [-0.05, 0) is 64.5 Å². The van der Waals surface area contributed by atoms with E-state index in [-0.39, 0.29) is 12.1 Å². The summed E-state index contributed by atoms with van der Waals surface area (Å²) in [5.74, 6) is 0.371. The molecule has 30 heavy (non-hydrogen) atoms. The quantitative estimate of drug-likeness (QED) is 0.692. The van der Waals surface area contributed by atoms with Crippen LogP contribution in [0, 0.1) is 12.8 Å². The zero-order valence-corrected chi connectivity index (χ0v) is 18.5. The summed E-state index contributed by atoms with van der Waals surface area (Å²) in [6.45, 7) is 10.2. The number of H-pyrrole nitrogens is 1. The van der Waals surface area contributed by atoms with Crippen LogP contribution in [0.2, 0.25) is 0 Å². The SMILES string of the molecule is Cc1[nH]c2ccccc2c1CCNC(=O)N1CCC(CNC(=O)OC(C)(C)C)CC1. The van der Waals surface area contributed by atoms with E-state index in [1.165, 1.54) is 10.9 Å². The molecule has 0 spiro atoms. The lowest BCUT2D eigenvalue weighted by molar-refractivity contribution is 0.0511. The molecule has 1 aromatic heterocycles. The number of likely N-dealkylation sites (tertiary alicyclic amines) is 1. The van der Waals surface area contributed by atoms with Crippen LogP contribution < -0.4 is 10.6 Å². The van der Waals surface area contributed by atoms with E-state index in [0.29, 0.717) is 32.1 Å². The van der Waals surface area contributed by atoms with Crippen LogP contribution in [0.3, 0.4) is 0 Å². The van der Waals surface area contributed by atoms with Crippen molar-refractivity contribution in [2.75, 3.05) is 26.2 Å². The number of piperidine rings is 1. The van der Waals surface area contributed by atoms with Crippen molar-refractivity contribution in [3.8, 4) is 0 Å². The highest BCUT2D eigenvalue weighted by atomic mass is 16.6. The fraction of sp³-hybridized carbons (Fsp3) is 0.565. The van der Waals surface area contributed by atoms with Gasteiger partial charge in [0.25, 0.3) is 0 Å². The molecule has 3 amide bonds. The number of rotatable bonds is 5. The number of hydrogen-bond acceptors (Lipinski definition) is 3. The number of urea groups is 1. The third-order valence-corrected chi connectivity index (χ3v) is 5.51. The number of alkyl carbamates (subject to hydrolysis) is 1. The van der Waals surface area contributed by atoms with E-state index in [1.807, 2.05) is 37.8 Å². The van der Waals surface area contributed by atoms with Crippen molar-refractivity contribution in [3.05, 3.63) is 35.5 Å². The first kappa shape index (κ1) is 22.0. The number of carbonyl (C=O) groups excluding carboxylic acids is 2. The second-order valence-corrected chi connectivity index (χ2v) is 9.07. The number of aromatic amines is 1. The number of carbonyl (C=O) groups is 2. The number of fused-ring (bicyclic) bond motifs is 1. The molecular weight excluding hydrogens is 380 g/mol. The second kappa shape index (κ2) is 9.41. The standard InChI is InChI=1S/C23H34N4O3/c1-16-18(19-7-5-6-8-20(19)26-16)9-12-24-21(28)27-13-10-17(11-14-27)15-25-22(29)30-23(2,3)4/h5-8,17,26H,9-15H2,1-4H3,(H,24,28)(H,25,29). The first-order valence-electron chi connectivity index (χ1n) is 10.8. The zero-order valence-electron chi connectivity index (χ0n) is 18.5. The molecule has 1 fully saturated rings. The van der Waals surface area contributed by atoms with E-state index in [4.69, 9.17) is 4.74 Å². The average molecular weight is 415 g/mol. The van der Waals surface area contributed by atoms with Gasteiger partial charge in [0.2, 0.25) is 0 Å². The van der Waals surface area contributed by atoms with Crippen molar-refractivity contribution in [3.63, 3.8) is 0 Å². The van der Waals surface area contributed by atoms with Crippen molar-refractivity contribution in [2.45, 2.75) is 52.6 Å². The van der Waals surface area contributed by atoms with Gasteiger partial charge >= 0.3 is 12.1 Å². The molecule has 0 aliphatic carbocycles. The summed E-state index contributed by atoms with van der Waals surface area (Å²) < 4.78 is 5.27. The number of ether oxygens (including phenoxy) is 1. The molecule has 0 saturated carbocycles. The maximum absolute atomic E-state index is 12.5. The summed E-state index contributed by atoms with van der Waals surface area (Å²) in [5.41, 5.74) is 3.07. The molecular formula is C23H34N4O3. The lowest BCUT2D eigenvalue weighted by Crippen LogP contribution is -2.46. The minimum atomic E-state index is -0.489. The fourth-order valence-corrected chi connectivity index (χ4v) is 3.95. The number of hydrogen-bond donors (Lipinski definition) is 3. The molecule has 0 bridgehead atoms. The van der Waals surface area contributed by atoms with Crippen molar-refractivity contribution in [1.29, 1.82) is 0 Å². The molecule has 0 atom stereocenters. The molecule has 1 saturated heterocycles. The van der Waals surface area contributed by atoms with Crippen LogP contribution in [-0.4, -0.2) is 53.8 Å². The zero-order chi connectivity index (χ0) is 21.7. The summed E-state index contributed by atoms with van der Waals surface area (Å²) >= 11 is 0. The average Bonchev–Trinajstić information content (AvgIpc) is 3.01. The number of nitrogens with one attached hydrogen (secondary N) is 3. The van der Waals surface area contributed by atoms with Gasteiger partial charge in [0.05, 0.1) is 0 Å². The van der Waals surface area contributed by atoms with Crippen LogP contribution >= 0.6 is 0 Å². The van der Waals surface area contributed by atoms with Gasteiger partial charge in [-0.2, -0.15) is 0 Å². The van der Waals surface area contributed by atoms with Crippen LogP contribution in [-0.2, 0) is 11.2 Å². The van der Waals surface area contributed by atoms with Crippen molar-refractivity contribution in [2.24, 2.45) is 5.92 Å². The van der Waals surface area contributed by atoms with Crippen LogP contribution in [0.4, 0.5) is 9.59 Å². The Morgan fingerprint density at radius 1 is 1.17 bits per heavy atom. The number of amides is 3. The molecule has 0 radical (unpaired) electrons. The number of aryl methyl sites for hydroxylation is 1. The highest BCUT2D eigenvalue weighted by molar-refractivity contribution is 5.84. The summed E-state index contributed by atoms with van der Waals surface area (Å²) in [6.07, 6.45) is 2.18. The lowest BCUT2D eigenvalue weighted by Gasteiger charge is -2.32. The van der Waals surface area contributed by atoms with E-state index < -0.39 is 5.60 Å². The monoisotopic (exact) mass is 414 g/mol. The predicted octanol–water partition coefficient (Wildman–Crippen LogP) is 3.97. The van der Waals surface area contributed by atoms with Crippen LogP contribution in [0.5, 0.6) is 0 Å². The third-order valence-electron chi connectivity index (χ3n) is 5.51. The molecule has 2 heterocycles. The minimum Gasteiger partial charge on any atom is -0.444 e. The fourth-order valence-electron chi connectivity index (χ4n) is 3.95. The minimum absolute atomic E-state index is 0.00829. The van der Waals surface area contributed by atoms with Gasteiger partial charge in [0.15, 0.2) is 0 Å². The molecule has 0 unspecified atom stereocenters. The Morgan fingerprint density at radius 3 is 2.57 bits per heavy atom. The maximum atomic E-state index is 12.5. The Kier molecular flexibility index (Phi) is 6.90. The normalized spacial score (nSPS) is 15.3. The summed E-state index contributed by atoms with van der Waals surface area (Å²) in [6, 6.07) is 8.25. The van der Waals surface area contributed by atoms with Gasteiger partial charge in [-0.25, -0.2) is 9.59 Å². The summed E-state index contributed by atoms with van der Waals surface area (Å²) in [7, 11) is 0. The molecule has 3 N–H and O–H groups in total. The smallest absolute Gasteiger partial charge is 0.407 e. The van der Waals surface area contributed by atoms with Crippen LogP contribution in [0.25, 0.3) is 10.9 Å². The van der Waals surface area contributed by atoms with Gasteiger partial charge in [0.1, 0.15) is 5.60 Å². The van der Waals surface area contributed by atoms with E-state index in [9.17, 15) is 9.59 Å². The van der Waals surface area contributed by atoms with Crippen LogP contribution in [0.15, 0.2) is 24.3 Å². The molecule has 1 aliphatic rings. The molecule has 1 aliphatic heterocycles. The lowest BCUT2D eigenvalue weighted by atomic mass is 9.97. The maximum Gasteiger partial charge on any atom is 0.407 e. The number of nitrogens with zero attached hydrogens (tertiary/aromatic N) is 1. The number of para-hydroxylation sites is 1. The van der Waals surface area contributed by atoms with Gasteiger partial charge in [-0.3, -0.25) is 0 Å².